The van der Waals surface area contributed by atoms with Crippen molar-refractivity contribution in [1.29, 1.82) is 0 Å². The van der Waals surface area contributed by atoms with Gasteiger partial charge in [-0.25, -0.2) is 0 Å². The summed E-state index contributed by atoms with van der Waals surface area (Å²) in [6.45, 7) is 1.47. The number of aliphatic hydroxyl groups is 1. The zero-order chi connectivity index (χ0) is 13.2. The zero-order valence-electron chi connectivity index (χ0n) is 11.2. The second kappa shape index (κ2) is 5.94. The number of likely N-dealkylation sites (tertiary alicyclic amines) is 1. The molecule has 1 saturated heterocycles. The molecule has 1 saturated carbocycles. The lowest BCUT2D eigenvalue weighted by Gasteiger charge is -2.38. The van der Waals surface area contributed by atoms with Crippen LogP contribution in [0.5, 0.6) is 0 Å². The number of hydrogen-bond donors (Lipinski definition) is 1. The minimum absolute atomic E-state index is 0.314. The average molecular weight is 328 g/mol. The van der Waals surface area contributed by atoms with Crippen molar-refractivity contribution in [3.63, 3.8) is 0 Å². The lowest BCUT2D eigenvalue weighted by molar-refractivity contribution is 0.0828. The van der Waals surface area contributed by atoms with Gasteiger partial charge in [-0.3, -0.25) is 9.58 Å². The van der Waals surface area contributed by atoms with E-state index < -0.39 is 0 Å². The van der Waals surface area contributed by atoms with Gasteiger partial charge in [0.15, 0.2) is 0 Å². The SMILES string of the molecule is OC[C@H]1CCCN1[C@H]1CCC[C@H](n2cc(Br)cn2)C1. The van der Waals surface area contributed by atoms with Crippen molar-refractivity contribution in [1.82, 2.24) is 14.7 Å². The Hall–Kier alpha value is -0.390. The zero-order valence-corrected chi connectivity index (χ0v) is 12.8. The van der Waals surface area contributed by atoms with Gasteiger partial charge in [0.05, 0.1) is 23.3 Å². The maximum absolute atomic E-state index is 9.49. The van der Waals surface area contributed by atoms with Gasteiger partial charge in [0.2, 0.25) is 0 Å². The second-order valence-corrected chi connectivity index (χ2v) is 6.74. The Morgan fingerprint density at radius 1 is 1.26 bits per heavy atom. The summed E-state index contributed by atoms with van der Waals surface area (Å²) < 4.78 is 3.17. The number of nitrogens with zero attached hydrogens (tertiary/aromatic N) is 3. The van der Waals surface area contributed by atoms with Crippen LogP contribution in [0.15, 0.2) is 16.9 Å². The van der Waals surface area contributed by atoms with E-state index in [-0.39, 0.29) is 0 Å². The van der Waals surface area contributed by atoms with Crippen LogP contribution in [0.4, 0.5) is 0 Å². The summed E-state index contributed by atoms with van der Waals surface area (Å²) in [6.07, 6.45) is 11.3. The van der Waals surface area contributed by atoms with Gasteiger partial charge in [0.25, 0.3) is 0 Å². The van der Waals surface area contributed by atoms with E-state index in [2.05, 4.69) is 36.8 Å². The number of aromatic nitrogens is 2. The van der Waals surface area contributed by atoms with Crippen molar-refractivity contribution >= 4 is 15.9 Å². The molecule has 0 bridgehead atoms. The molecule has 2 aliphatic rings. The van der Waals surface area contributed by atoms with Crippen LogP contribution in [-0.2, 0) is 0 Å². The molecule has 4 nitrogen and oxygen atoms in total. The van der Waals surface area contributed by atoms with Crippen LogP contribution >= 0.6 is 15.9 Å². The summed E-state index contributed by atoms with van der Waals surface area (Å²) in [7, 11) is 0. The van der Waals surface area contributed by atoms with Crippen LogP contribution in [0.1, 0.15) is 44.6 Å². The fourth-order valence-corrected chi connectivity index (χ4v) is 4.03. The molecule has 106 valence electrons. The third kappa shape index (κ3) is 2.88. The van der Waals surface area contributed by atoms with Crippen molar-refractivity contribution < 1.29 is 5.11 Å². The molecular formula is C14H22BrN3O. The number of hydrogen-bond acceptors (Lipinski definition) is 3. The lowest BCUT2D eigenvalue weighted by Crippen LogP contribution is -2.43. The molecular weight excluding hydrogens is 306 g/mol. The highest BCUT2D eigenvalue weighted by atomic mass is 79.9. The molecule has 3 atom stereocenters. The van der Waals surface area contributed by atoms with Gasteiger partial charge < -0.3 is 5.11 Å². The molecule has 2 fully saturated rings. The minimum Gasteiger partial charge on any atom is -0.395 e. The van der Waals surface area contributed by atoms with E-state index in [9.17, 15) is 5.11 Å². The van der Waals surface area contributed by atoms with Crippen LogP contribution in [0.25, 0.3) is 0 Å². The van der Waals surface area contributed by atoms with Crippen molar-refractivity contribution in [2.75, 3.05) is 13.2 Å². The van der Waals surface area contributed by atoms with E-state index in [1.54, 1.807) is 0 Å². The van der Waals surface area contributed by atoms with Gasteiger partial charge in [-0.2, -0.15) is 5.10 Å². The van der Waals surface area contributed by atoms with Gasteiger partial charge >= 0.3 is 0 Å². The first-order valence-electron chi connectivity index (χ1n) is 7.34. The number of halogens is 1. The molecule has 2 heterocycles. The Labute approximate surface area is 122 Å². The molecule has 1 aromatic heterocycles. The molecule has 0 aromatic carbocycles. The smallest absolute Gasteiger partial charge is 0.0632 e. The molecule has 1 aliphatic heterocycles. The molecule has 1 aromatic rings. The maximum atomic E-state index is 9.49. The largest absolute Gasteiger partial charge is 0.395 e. The van der Waals surface area contributed by atoms with E-state index in [4.69, 9.17) is 0 Å². The Bertz CT molecular complexity index is 423. The quantitative estimate of drug-likeness (QED) is 0.927. The first-order valence-corrected chi connectivity index (χ1v) is 8.13. The highest BCUT2D eigenvalue weighted by Crippen LogP contribution is 2.34. The maximum Gasteiger partial charge on any atom is 0.0632 e. The number of aliphatic hydroxyl groups excluding tert-OH is 1. The van der Waals surface area contributed by atoms with Crippen LogP contribution in [0, 0.1) is 0 Å². The summed E-state index contributed by atoms with van der Waals surface area (Å²) >= 11 is 3.47. The van der Waals surface area contributed by atoms with Crippen LogP contribution in [0.2, 0.25) is 0 Å². The Kier molecular flexibility index (Phi) is 4.24. The van der Waals surface area contributed by atoms with E-state index in [1.165, 1.54) is 32.1 Å². The highest BCUT2D eigenvalue weighted by Gasteiger charge is 2.34. The van der Waals surface area contributed by atoms with Crippen LogP contribution in [0.3, 0.4) is 0 Å². The summed E-state index contributed by atoms with van der Waals surface area (Å²) in [5, 5.41) is 13.9. The molecule has 3 rings (SSSR count). The molecule has 19 heavy (non-hydrogen) atoms. The van der Waals surface area contributed by atoms with E-state index in [0.29, 0.717) is 24.7 Å². The standard InChI is InChI=1S/C14H22BrN3O/c15-11-8-16-18(9-11)13-4-1-3-12(7-13)17-6-2-5-14(17)10-19/h8-9,12-14,19H,1-7,10H2/t12-,13-,14+/m0/s1. The monoisotopic (exact) mass is 327 g/mol. The second-order valence-electron chi connectivity index (χ2n) is 5.83. The lowest BCUT2D eigenvalue weighted by atomic mass is 9.89. The summed E-state index contributed by atoms with van der Waals surface area (Å²) in [4.78, 5) is 2.55. The minimum atomic E-state index is 0.314. The average Bonchev–Trinajstić information content (AvgIpc) is 3.07. The van der Waals surface area contributed by atoms with Crippen LogP contribution < -0.4 is 0 Å². The van der Waals surface area contributed by atoms with Gasteiger partial charge in [-0.1, -0.05) is 0 Å². The molecule has 5 heteroatoms. The van der Waals surface area contributed by atoms with E-state index >= 15 is 0 Å². The predicted molar refractivity (Wildman–Crippen MR) is 78.0 cm³/mol. The first-order chi connectivity index (χ1) is 9.28. The molecule has 1 N–H and O–H groups in total. The van der Waals surface area contributed by atoms with Crippen molar-refractivity contribution in [3.05, 3.63) is 16.9 Å². The molecule has 0 amide bonds. The van der Waals surface area contributed by atoms with Crippen molar-refractivity contribution in [3.8, 4) is 0 Å². The summed E-state index contributed by atoms with van der Waals surface area (Å²) in [5.74, 6) is 0. The van der Waals surface area contributed by atoms with E-state index in [1.807, 2.05) is 6.20 Å². The normalized spacial score (nSPS) is 32.8. The van der Waals surface area contributed by atoms with Gasteiger partial charge in [0, 0.05) is 18.3 Å². The highest BCUT2D eigenvalue weighted by molar-refractivity contribution is 9.10. The predicted octanol–water partition coefficient (Wildman–Crippen LogP) is 2.59. The van der Waals surface area contributed by atoms with Gasteiger partial charge in [-0.05, 0) is 61.0 Å². The third-order valence-electron chi connectivity index (χ3n) is 4.67. The molecule has 1 aliphatic carbocycles. The van der Waals surface area contributed by atoms with E-state index in [0.717, 1.165) is 17.4 Å². The molecule has 0 spiro atoms. The van der Waals surface area contributed by atoms with Crippen molar-refractivity contribution in [2.24, 2.45) is 0 Å². The molecule has 0 unspecified atom stereocenters. The Morgan fingerprint density at radius 2 is 2.11 bits per heavy atom. The summed E-state index contributed by atoms with van der Waals surface area (Å²) in [6, 6.07) is 1.54. The molecule has 0 radical (unpaired) electrons. The Morgan fingerprint density at radius 3 is 2.84 bits per heavy atom. The van der Waals surface area contributed by atoms with Crippen LogP contribution in [-0.4, -0.2) is 45.0 Å². The fourth-order valence-electron chi connectivity index (χ4n) is 3.73. The number of rotatable bonds is 3. The van der Waals surface area contributed by atoms with Gasteiger partial charge in [-0.15, -0.1) is 0 Å². The fraction of sp³-hybridized carbons (Fsp3) is 0.786. The van der Waals surface area contributed by atoms with Crippen molar-refractivity contribution in [2.45, 2.75) is 56.7 Å². The van der Waals surface area contributed by atoms with Gasteiger partial charge in [0.1, 0.15) is 0 Å². The summed E-state index contributed by atoms with van der Waals surface area (Å²) in [5.41, 5.74) is 0. The Balaban J connectivity index is 1.67. The topological polar surface area (TPSA) is 41.3 Å². The third-order valence-corrected chi connectivity index (χ3v) is 5.07. The first kappa shape index (κ1) is 13.6.